The summed E-state index contributed by atoms with van der Waals surface area (Å²) in [5.74, 6) is 1.28. The lowest BCUT2D eigenvalue weighted by molar-refractivity contribution is 0.0945. The fraction of sp³-hybridized carbons (Fsp3) is 0.118. The highest BCUT2D eigenvalue weighted by Gasteiger charge is 2.34. The van der Waals surface area contributed by atoms with E-state index < -0.39 is 5.60 Å². The molecule has 5 rings (SSSR count). The Kier molecular flexibility index (Phi) is 7.07. The van der Waals surface area contributed by atoms with Gasteiger partial charge in [-0.25, -0.2) is 0 Å². The number of para-hydroxylation sites is 2. The second-order valence-corrected chi connectivity index (χ2v) is 9.15. The predicted octanol–water partition coefficient (Wildman–Crippen LogP) is 7.86. The molecule has 0 amide bonds. The van der Waals surface area contributed by atoms with Crippen molar-refractivity contribution in [3.05, 3.63) is 144 Å². The molecule has 0 aromatic heterocycles. The Hall–Kier alpha value is -4.34. The monoisotopic (exact) mass is 486 g/mol. The molecule has 1 atom stereocenters. The molecule has 1 N–H and O–H groups in total. The largest absolute Gasteiger partial charge is 0.496 e. The van der Waals surface area contributed by atoms with Crippen molar-refractivity contribution in [2.75, 3.05) is 7.11 Å². The third-order valence-corrected chi connectivity index (χ3v) is 6.68. The summed E-state index contributed by atoms with van der Waals surface area (Å²) in [6, 6.07) is 42.1. The zero-order valence-electron chi connectivity index (χ0n) is 21.1. The second kappa shape index (κ2) is 10.7. The summed E-state index contributed by atoms with van der Waals surface area (Å²) in [6.07, 6.45) is 0. The Morgan fingerprint density at radius 3 is 1.54 bits per heavy atom. The molecule has 0 aliphatic heterocycles. The number of aliphatic hydroxyl groups is 1. The second-order valence-electron chi connectivity index (χ2n) is 9.15. The van der Waals surface area contributed by atoms with E-state index in [0.717, 1.165) is 27.8 Å². The average Bonchev–Trinajstić information content (AvgIpc) is 2.97. The Labute approximate surface area is 218 Å². The molecule has 0 aliphatic carbocycles. The van der Waals surface area contributed by atoms with E-state index in [9.17, 15) is 5.11 Å². The Morgan fingerprint density at radius 1 is 0.568 bits per heavy atom. The van der Waals surface area contributed by atoms with Gasteiger partial charge in [0.05, 0.1) is 7.11 Å². The summed E-state index contributed by atoms with van der Waals surface area (Å²) >= 11 is 0. The SMILES string of the molecule is COc1c(-c2ccccc2)cccc1C(C)(O)c1cccc(-c2ccccc2)c1OCc1ccccc1. The van der Waals surface area contributed by atoms with Gasteiger partial charge < -0.3 is 14.6 Å². The van der Waals surface area contributed by atoms with Gasteiger partial charge in [0.1, 0.15) is 23.7 Å². The topological polar surface area (TPSA) is 38.7 Å². The van der Waals surface area contributed by atoms with Crippen LogP contribution in [0.3, 0.4) is 0 Å². The summed E-state index contributed by atoms with van der Waals surface area (Å²) in [5.41, 5.74) is 4.90. The highest BCUT2D eigenvalue weighted by Crippen LogP contribution is 2.46. The molecule has 0 saturated carbocycles. The fourth-order valence-corrected chi connectivity index (χ4v) is 4.78. The van der Waals surface area contributed by atoms with Crippen LogP contribution < -0.4 is 9.47 Å². The average molecular weight is 487 g/mol. The number of ether oxygens (including phenoxy) is 2. The van der Waals surface area contributed by atoms with Crippen LogP contribution in [-0.2, 0) is 12.2 Å². The van der Waals surface area contributed by atoms with Crippen molar-refractivity contribution < 1.29 is 14.6 Å². The summed E-state index contributed by atoms with van der Waals surface area (Å²) in [5, 5.41) is 12.2. The number of methoxy groups -OCH3 is 1. The summed E-state index contributed by atoms with van der Waals surface area (Å²) in [7, 11) is 1.65. The van der Waals surface area contributed by atoms with Gasteiger partial charge in [-0.1, -0.05) is 127 Å². The predicted molar refractivity (Wildman–Crippen MR) is 150 cm³/mol. The van der Waals surface area contributed by atoms with Crippen LogP contribution in [0.1, 0.15) is 23.6 Å². The van der Waals surface area contributed by atoms with Crippen molar-refractivity contribution in [2.45, 2.75) is 19.1 Å². The van der Waals surface area contributed by atoms with Crippen LogP contribution >= 0.6 is 0 Å². The first kappa shape index (κ1) is 24.4. The molecule has 3 nitrogen and oxygen atoms in total. The van der Waals surface area contributed by atoms with Crippen LogP contribution in [0.5, 0.6) is 11.5 Å². The molecule has 37 heavy (non-hydrogen) atoms. The van der Waals surface area contributed by atoms with Crippen LogP contribution in [0, 0.1) is 0 Å². The Morgan fingerprint density at radius 2 is 1.03 bits per heavy atom. The quantitative estimate of drug-likeness (QED) is 0.243. The molecule has 0 saturated heterocycles. The molecular formula is C34H30O3. The van der Waals surface area contributed by atoms with Crippen LogP contribution in [-0.4, -0.2) is 12.2 Å². The summed E-state index contributed by atoms with van der Waals surface area (Å²) < 4.78 is 12.4. The van der Waals surface area contributed by atoms with Crippen LogP contribution in [0.25, 0.3) is 22.3 Å². The maximum atomic E-state index is 12.2. The smallest absolute Gasteiger partial charge is 0.134 e. The highest BCUT2D eigenvalue weighted by molar-refractivity contribution is 5.76. The van der Waals surface area contributed by atoms with E-state index in [4.69, 9.17) is 9.47 Å². The van der Waals surface area contributed by atoms with E-state index in [1.807, 2.05) is 115 Å². The molecule has 0 aliphatic rings. The van der Waals surface area contributed by atoms with E-state index in [0.29, 0.717) is 29.2 Å². The lowest BCUT2D eigenvalue weighted by Gasteiger charge is -2.30. The van der Waals surface area contributed by atoms with E-state index in [2.05, 4.69) is 12.1 Å². The zero-order chi connectivity index (χ0) is 25.7. The number of hydrogen-bond donors (Lipinski definition) is 1. The third kappa shape index (κ3) is 5.00. The molecule has 0 heterocycles. The van der Waals surface area contributed by atoms with Gasteiger partial charge in [0, 0.05) is 22.3 Å². The van der Waals surface area contributed by atoms with Gasteiger partial charge in [0.15, 0.2) is 0 Å². The van der Waals surface area contributed by atoms with Gasteiger partial charge >= 0.3 is 0 Å². The number of rotatable bonds is 8. The maximum Gasteiger partial charge on any atom is 0.134 e. The van der Waals surface area contributed by atoms with E-state index in [-0.39, 0.29) is 0 Å². The van der Waals surface area contributed by atoms with Crippen molar-refractivity contribution in [3.63, 3.8) is 0 Å². The first-order chi connectivity index (χ1) is 18.1. The summed E-state index contributed by atoms with van der Waals surface area (Å²) in [6.45, 7) is 2.19. The lowest BCUT2D eigenvalue weighted by atomic mass is 9.83. The van der Waals surface area contributed by atoms with Crippen molar-refractivity contribution >= 4 is 0 Å². The van der Waals surface area contributed by atoms with Gasteiger partial charge in [-0.3, -0.25) is 0 Å². The van der Waals surface area contributed by atoms with Crippen LogP contribution in [0.15, 0.2) is 127 Å². The van der Waals surface area contributed by atoms with Gasteiger partial charge in [0.25, 0.3) is 0 Å². The molecular weight excluding hydrogens is 456 g/mol. The third-order valence-electron chi connectivity index (χ3n) is 6.68. The van der Waals surface area contributed by atoms with Gasteiger partial charge in [-0.05, 0) is 23.6 Å². The fourth-order valence-electron chi connectivity index (χ4n) is 4.78. The Balaban J connectivity index is 1.66. The van der Waals surface area contributed by atoms with Crippen molar-refractivity contribution in [2.24, 2.45) is 0 Å². The number of hydrogen-bond acceptors (Lipinski definition) is 3. The molecule has 1 unspecified atom stereocenters. The Bertz CT molecular complexity index is 1460. The van der Waals surface area contributed by atoms with E-state index >= 15 is 0 Å². The van der Waals surface area contributed by atoms with Crippen LogP contribution in [0.4, 0.5) is 0 Å². The molecule has 0 radical (unpaired) electrons. The summed E-state index contributed by atoms with van der Waals surface area (Å²) in [4.78, 5) is 0. The number of benzene rings is 5. The molecule has 0 fully saturated rings. The minimum absolute atomic E-state index is 0.384. The van der Waals surface area contributed by atoms with Crippen molar-refractivity contribution in [1.82, 2.24) is 0 Å². The first-order valence-electron chi connectivity index (χ1n) is 12.4. The zero-order valence-corrected chi connectivity index (χ0v) is 21.1. The molecule has 3 heteroatoms. The van der Waals surface area contributed by atoms with Crippen molar-refractivity contribution in [3.8, 4) is 33.8 Å². The molecule has 5 aromatic carbocycles. The molecule has 5 aromatic rings. The lowest BCUT2D eigenvalue weighted by Crippen LogP contribution is -2.25. The van der Waals surface area contributed by atoms with E-state index in [1.165, 1.54) is 0 Å². The molecule has 0 spiro atoms. The van der Waals surface area contributed by atoms with Gasteiger partial charge in [-0.15, -0.1) is 0 Å². The van der Waals surface area contributed by atoms with Gasteiger partial charge in [-0.2, -0.15) is 0 Å². The molecule has 0 bridgehead atoms. The van der Waals surface area contributed by atoms with Crippen LogP contribution in [0.2, 0.25) is 0 Å². The van der Waals surface area contributed by atoms with E-state index in [1.54, 1.807) is 14.0 Å². The van der Waals surface area contributed by atoms with Crippen molar-refractivity contribution in [1.29, 1.82) is 0 Å². The standard InChI is InChI=1S/C34H30O3/c1-34(35,30-22-12-20-28(32(30)36-2)26-16-8-4-9-17-26)31-23-13-21-29(27-18-10-5-11-19-27)33(31)37-24-25-14-6-3-7-15-25/h3-23,35H,24H2,1-2H3. The minimum Gasteiger partial charge on any atom is -0.496 e. The maximum absolute atomic E-state index is 12.2. The normalized spacial score (nSPS) is 12.5. The highest BCUT2D eigenvalue weighted by atomic mass is 16.5. The minimum atomic E-state index is -1.40. The first-order valence-corrected chi connectivity index (χ1v) is 12.4. The molecule has 184 valence electrons. The van der Waals surface area contributed by atoms with Gasteiger partial charge in [0.2, 0.25) is 0 Å².